The third-order valence-electron chi connectivity index (χ3n) is 5.54. The Morgan fingerprint density at radius 1 is 1.18 bits per heavy atom. The Hall–Kier alpha value is -1.23. The Labute approximate surface area is 175 Å². The van der Waals surface area contributed by atoms with Gasteiger partial charge in [-0.1, -0.05) is 31.1 Å². The van der Waals surface area contributed by atoms with Crippen LogP contribution in [0.2, 0.25) is 0 Å². The summed E-state index contributed by atoms with van der Waals surface area (Å²) in [5.41, 5.74) is 4.81. The van der Waals surface area contributed by atoms with E-state index in [1.807, 2.05) is 12.1 Å². The molecule has 4 heteroatoms. The maximum Gasteiger partial charge on any atom is 0.166 e. The van der Waals surface area contributed by atoms with Gasteiger partial charge in [-0.3, -0.25) is 0 Å². The molecule has 0 bridgehead atoms. The molecule has 0 N–H and O–H groups in total. The van der Waals surface area contributed by atoms with Crippen molar-refractivity contribution in [3.8, 4) is 5.75 Å². The van der Waals surface area contributed by atoms with E-state index in [0.29, 0.717) is 12.0 Å². The van der Waals surface area contributed by atoms with E-state index in [1.54, 1.807) is 37.1 Å². The highest BCUT2D eigenvalue weighted by Gasteiger charge is 2.27. The Kier molecular flexibility index (Phi) is 9.13. The van der Waals surface area contributed by atoms with Gasteiger partial charge in [-0.05, 0) is 74.8 Å². The lowest BCUT2D eigenvalue weighted by Crippen LogP contribution is -2.20. The first kappa shape index (κ1) is 23.1. The number of allylic oxidation sites excluding steroid dienone is 3. The van der Waals surface area contributed by atoms with Crippen LogP contribution in [0.1, 0.15) is 53.4 Å². The van der Waals surface area contributed by atoms with Gasteiger partial charge in [0.25, 0.3) is 0 Å². The molecule has 0 amide bonds. The quantitative estimate of drug-likeness (QED) is 0.248. The highest BCUT2D eigenvalue weighted by Crippen LogP contribution is 2.42. The topological polar surface area (TPSA) is 27.7 Å². The first-order chi connectivity index (χ1) is 13.4. The maximum atomic E-state index is 5.97. The molecule has 0 heterocycles. The van der Waals surface area contributed by atoms with Crippen molar-refractivity contribution in [2.75, 3.05) is 26.6 Å². The molecule has 156 valence electrons. The van der Waals surface area contributed by atoms with E-state index >= 15 is 0 Å². The Morgan fingerprint density at radius 2 is 1.86 bits per heavy atom. The Morgan fingerprint density at radius 3 is 2.46 bits per heavy atom. The van der Waals surface area contributed by atoms with Gasteiger partial charge < -0.3 is 14.2 Å². The predicted molar refractivity (Wildman–Crippen MR) is 119 cm³/mol. The maximum absolute atomic E-state index is 5.97. The Balaban J connectivity index is 1.83. The average Bonchev–Trinajstić information content (AvgIpc) is 2.67. The van der Waals surface area contributed by atoms with Gasteiger partial charge in [-0.2, -0.15) is 0 Å². The third kappa shape index (κ3) is 6.98. The van der Waals surface area contributed by atoms with Crippen molar-refractivity contribution in [3.05, 3.63) is 47.1 Å². The monoisotopic (exact) mass is 404 g/mol. The zero-order valence-corrected chi connectivity index (χ0v) is 19.2. The molecule has 3 nitrogen and oxygen atoms in total. The molecule has 0 unspecified atom stereocenters. The molecular weight excluding hydrogens is 368 g/mol. The van der Waals surface area contributed by atoms with Crippen LogP contribution in [-0.4, -0.2) is 32.9 Å². The molecule has 0 aliphatic heterocycles. The smallest absolute Gasteiger partial charge is 0.166 e. The number of ether oxygens (including phenoxy) is 3. The number of hydrogen-bond donors (Lipinski definition) is 0. The molecule has 1 aliphatic rings. The first-order valence-corrected chi connectivity index (χ1v) is 11.1. The number of thioether (sulfide) groups is 1. The average molecular weight is 405 g/mol. The molecule has 1 aliphatic carbocycles. The van der Waals surface area contributed by atoms with Crippen molar-refractivity contribution < 1.29 is 14.2 Å². The summed E-state index contributed by atoms with van der Waals surface area (Å²) >= 11 is 1.71. The van der Waals surface area contributed by atoms with Crippen LogP contribution in [0.5, 0.6) is 5.75 Å². The van der Waals surface area contributed by atoms with Gasteiger partial charge in [0.1, 0.15) is 12.4 Å². The summed E-state index contributed by atoms with van der Waals surface area (Å²) in [5, 5.41) is 0. The van der Waals surface area contributed by atoms with Crippen molar-refractivity contribution in [3.63, 3.8) is 0 Å². The van der Waals surface area contributed by atoms with Crippen molar-refractivity contribution in [1.82, 2.24) is 0 Å². The van der Waals surface area contributed by atoms with Gasteiger partial charge in [0, 0.05) is 24.9 Å². The summed E-state index contributed by atoms with van der Waals surface area (Å²) in [6.07, 6.45) is 7.07. The van der Waals surface area contributed by atoms with Crippen molar-refractivity contribution in [2.24, 2.45) is 5.41 Å². The van der Waals surface area contributed by atoms with E-state index in [1.165, 1.54) is 29.7 Å². The van der Waals surface area contributed by atoms with Gasteiger partial charge in [0.05, 0.1) is 0 Å². The summed E-state index contributed by atoms with van der Waals surface area (Å²) in [7, 11) is 3.32. The number of benzene rings is 1. The van der Waals surface area contributed by atoms with E-state index in [-0.39, 0.29) is 6.29 Å². The molecule has 0 radical (unpaired) electrons. The van der Waals surface area contributed by atoms with Crippen LogP contribution in [0.25, 0.3) is 0 Å². The Bertz CT molecular complexity index is 670. The summed E-state index contributed by atoms with van der Waals surface area (Å²) in [6, 6.07) is 8.22. The van der Waals surface area contributed by atoms with Gasteiger partial charge >= 0.3 is 0 Å². The third-order valence-corrected chi connectivity index (χ3v) is 6.59. The van der Waals surface area contributed by atoms with Crippen molar-refractivity contribution in [2.45, 2.75) is 64.6 Å². The fourth-order valence-electron chi connectivity index (χ4n) is 3.69. The van der Waals surface area contributed by atoms with E-state index in [9.17, 15) is 0 Å². The molecule has 0 saturated heterocycles. The standard InChI is InChI=1S/C24H36O3S/c1-18(9-14-22-19(2)8-7-15-24(22,3)4)16-27-20-10-12-21(13-11-20)28-17-23(25-5)26-6/h9-13,23H,7-8,14-17H2,1-6H3. The molecule has 1 aromatic rings. The highest BCUT2D eigenvalue weighted by molar-refractivity contribution is 7.99. The van der Waals surface area contributed by atoms with E-state index < -0.39 is 0 Å². The minimum absolute atomic E-state index is 0.179. The van der Waals surface area contributed by atoms with Crippen LogP contribution >= 0.6 is 11.8 Å². The van der Waals surface area contributed by atoms with Gasteiger partial charge in [-0.15, -0.1) is 11.8 Å². The predicted octanol–water partition coefficient (Wildman–Crippen LogP) is 6.64. The molecule has 0 atom stereocenters. The summed E-state index contributed by atoms with van der Waals surface area (Å²) in [6.45, 7) is 9.86. The fraction of sp³-hybridized carbons (Fsp3) is 0.583. The first-order valence-electron chi connectivity index (χ1n) is 10.1. The second-order valence-electron chi connectivity index (χ2n) is 8.22. The largest absolute Gasteiger partial charge is 0.489 e. The van der Waals surface area contributed by atoms with E-state index in [2.05, 4.69) is 45.9 Å². The van der Waals surface area contributed by atoms with Crippen LogP contribution < -0.4 is 4.74 Å². The lowest BCUT2D eigenvalue weighted by atomic mass is 9.71. The molecule has 0 saturated carbocycles. The van der Waals surface area contributed by atoms with E-state index in [0.717, 1.165) is 17.9 Å². The molecular formula is C24H36O3S. The van der Waals surface area contributed by atoms with E-state index in [4.69, 9.17) is 14.2 Å². The lowest BCUT2D eigenvalue weighted by molar-refractivity contribution is -0.0842. The van der Waals surface area contributed by atoms with Crippen LogP contribution in [0.3, 0.4) is 0 Å². The molecule has 2 rings (SSSR count). The minimum atomic E-state index is -0.179. The minimum Gasteiger partial charge on any atom is -0.489 e. The van der Waals surface area contributed by atoms with Gasteiger partial charge in [-0.25, -0.2) is 0 Å². The normalized spacial score (nSPS) is 17.3. The number of hydrogen-bond acceptors (Lipinski definition) is 4. The molecule has 0 spiro atoms. The molecule has 1 aromatic carbocycles. The van der Waals surface area contributed by atoms with Crippen LogP contribution in [-0.2, 0) is 9.47 Å². The fourth-order valence-corrected chi connectivity index (χ4v) is 4.62. The van der Waals surface area contributed by atoms with Crippen molar-refractivity contribution >= 4 is 11.8 Å². The zero-order chi connectivity index (χ0) is 20.6. The van der Waals surface area contributed by atoms with Gasteiger partial charge in [0.2, 0.25) is 0 Å². The van der Waals surface area contributed by atoms with Crippen LogP contribution in [0, 0.1) is 5.41 Å². The number of rotatable bonds is 10. The number of methoxy groups -OCH3 is 2. The summed E-state index contributed by atoms with van der Waals surface area (Å²) in [4.78, 5) is 1.18. The SMILES string of the molecule is COC(CSc1ccc(OCC(C)=CCC2=C(C)CCCC2(C)C)cc1)OC. The van der Waals surface area contributed by atoms with Crippen molar-refractivity contribution in [1.29, 1.82) is 0 Å². The van der Waals surface area contributed by atoms with Crippen LogP contribution in [0.15, 0.2) is 52.0 Å². The molecule has 28 heavy (non-hydrogen) atoms. The second kappa shape index (κ2) is 11.1. The summed E-state index contributed by atoms with van der Waals surface area (Å²) in [5.74, 6) is 1.67. The molecule has 0 fully saturated rings. The second-order valence-corrected chi connectivity index (χ2v) is 9.32. The van der Waals surface area contributed by atoms with Crippen LogP contribution in [0.4, 0.5) is 0 Å². The lowest BCUT2D eigenvalue weighted by Gasteiger charge is -2.34. The zero-order valence-electron chi connectivity index (χ0n) is 18.3. The van der Waals surface area contributed by atoms with Gasteiger partial charge in [0.15, 0.2) is 6.29 Å². The molecule has 0 aromatic heterocycles. The highest BCUT2D eigenvalue weighted by atomic mass is 32.2. The summed E-state index contributed by atoms with van der Waals surface area (Å²) < 4.78 is 16.4.